The molecular weight excluding hydrogens is 344 g/mol. The molecule has 8 nitrogen and oxygen atoms in total. The van der Waals surface area contributed by atoms with Gasteiger partial charge in [-0.25, -0.2) is 13.4 Å². The number of ether oxygens (including phenoxy) is 2. The number of hydrogen-bond acceptors (Lipinski definition) is 6. The van der Waals surface area contributed by atoms with Crippen LogP contribution < -0.4 is 9.47 Å². The van der Waals surface area contributed by atoms with Crippen LogP contribution in [-0.2, 0) is 10.0 Å². The first-order valence-corrected chi connectivity index (χ1v) is 9.59. The number of para-hydroxylation sites is 1. The molecule has 0 spiro atoms. The van der Waals surface area contributed by atoms with E-state index in [0.29, 0.717) is 44.3 Å². The summed E-state index contributed by atoms with van der Waals surface area (Å²) in [5, 5.41) is 0. The smallest absolute Gasteiger partial charge is 0.247 e. The van der Waals surface area contributed by atoms with Crippen molar-refractivity contribution in [3.05, 3.63) is 36.4 Å². The van der Waals surface area contributed by atoms with Crippen LogP contribution in [0.5, 0.6) is 11.5 Å². The lowest BCUT2D eigenvalue weighted by molar-refractivity contribution is 0.141. The Morgan fingerprint density at radius 2 is 2.08 bits per heavy atom. The fourth-order valence-electron chi connectivity index (χ4n) is 3.21. The number of rotatable bonds is 3. The number of sulfonamides is 1. The third-order valence-electron chi connectivity index (χ3n) is 4.59. The van der Waals surface area contributed by atoms with Crippen LogP contribution in [0.25, 0.3) is 0 Å². The highest BCUT2D eigenvalue weighted by molar-refractivity contribution is 7.89. The van der Waals surface area contributed by atoms with Gasteiger partial charge in [0.05, 0.1) is 6.04 Å². The van der Waals surface area contributed by atoms with Crippen LogP contribution in [-0.4, -0.2) is 67.5 Å². The molecule has 0 radical (unpaired) electrons. The topological polar surface area (TPSA) is 87.8 Å². The fourth-order valence-corrected chi connectivity index (χ4v) is 4.79. The molecule has 1 aromatic carbocycles. The van der Waals surface area contributed by atoms with Gasteiger partial charge in [0.2, 0.25) is 10.0 Å². The minimum absolute atomic E-state index is 0.116. The van der Waals surface area contributed by atoms with E-state index in [0.717, 1.165) is 5.82 Å². The van der Waals surface area contributed by atoms with Crippen molar-refractivity contribution in [3.63, 3.8) is 0 Å². The number of nitrogens with one attached hydrogen (secondary N) is 1. The first-order valence-electron chi connectivity index (χ1n) is 8.15. The first-order chi connectivity index (χ1) is 12.1. The van der Waals surface area contributed by atoms with Crippen molar-refractivity contribution >= 4 is 10.0 Å². The zero-order valence-corrected chi connectivity index (χ0v) is 14.7. The number of imidazole rings is 1. The molecule has 0 bridgehead atoms. The summed E-state index contributed by atoms with van der Waals surface area (Å²) in [7, 11) is -1.72. The Hall–Kier alpha value is -2.10. The number of piperazine rings is 1. The summed E-state index contributed by atoms with van der Waals surface area (Å²) in [5.74, 6) is 1.54. The monoisotopic (exact) mass is 364 g/mol. The zero-order valence-electron chi connectivity index (χ0n) is 13.9. The van der Waals surface area contributed by atoms with E-state index in [-0.39, 0.29) is 10.9 Å². The zero-order chi connectivity index (χ0) is 17.4. The molecule has 2 aliphatic heterocycles. The number of aromatic nitrogens is 2. The van der Waals surface area contributed by atoms with Crippen molar-refractivity contribution in [2.75, 3.05) is 39.9 Å². The molecule has 1 aromatic heterocycles. The maximum absolute atomic E-state index is 13.2. The highest BCUT2D eigenvalue weighted by Gasteiger charge is 2.37. The quantitative estimate of drug-likeness (QED) is 0.869. The summed E-state index contributed by atoms with van der Waals surface area (Å²) >= 11 is 0. The number of nitrogens with zero attached hydrogens (tertiary/aromatic N) is 3. The minimum atomic E-state index is -3.69. The highest BCUT2D eigenvalue weighted by atomic mass is 32.2. The molecule has 1 atom stereocenters. The van der Waals surface area contributed by atoms with E-state index in [4.69, 9.17) is 9.47 Å². The molecule has 1 unspecified atom stereocenters. The predicted octanol–water partition coefficient (Wildman–Crippen LogP) is 0.858. The van der Waals surface area contributed by atoms with Gasteiger partial charge in [-0.15, -0.1) is 0 Å². The van der Waals surface area contributed by atoms with Gasteiger partial charge in [0.25, 0.3) is 0 Å². The predicted molar refractivity (Wildman–Crippen MR) is 90.1 cm³/mol. The molecule has 3 heterocycles. The maximum atomic E-state index is 13.2. The van der Waals surface area contributed by atoms with Crippen LogP contribution in [0.1, 0.15) is 11.9 Å². The molecule has 0 amide bonds. The second kappa shape index (κ2) is 6.32. The van der Waals surface area contributed by atoms with E-state index < -0.39 is 10.0 Å². The van der Waals surface area contributed by atoms with E-state index in [1.54, 1.807) is 30.6 Å². The SMILES string of the molecule is CN1CCN(S(=O)(=O)c2cccc3c2OCCO3)CC1c1ncc[nH]1. The van der Waals surface area contributed by atoms with Gasteiger partial charge >= 0.3 is 0 Å². The highest BCUT2D eigenvalue weighted by Crippen LogP contribution is 2.38. The van der Waals surface area contributed by atoms with Crippen molar-refractivity contribution in [1.29, 1.82) is 0 Å². The van der Waals surface area contributed by atoms with E-state index in [1.807, 2.05) is 7.05 Å². The molecule has 134 valence electrons. The second-order valence-electron chi connectivity index (χ2n) is 6.11. The third kappa shape index (κ3) is 2.88. The third-order valence-corrected chi connectivity index (χ3v) is 6.48. The van der Waals surface area contributed by atoms with Crippen molar-refractivity contribution < 1.29 is 17.9 Å². The molecule has 4 rings (SSSR count). The van der Waals surface area contributed by atoms with E-state index in [9.17, 15) is 8.42 Å². The Kier molecular flexibility index (Phi) is 4.14. The van der Waals surface area contributed by atoms with Crippen LogP contribution in [0.15, 0.2) is 35.5 Å². The van der Waals surface area contributed by atoms with E-state index >= 15 is 0 Å². The average molecular weight is 364 g/mol. The van der Waals surface area contributed by atoms with Gasteiger partial charge in [-0.3, -0.25) is 4.90 Å². The van der Waals surface area contributed by atoms with Crippen molar-refractivity contribution in [3.8, 4) is 11.5 Å². The Morgan fingerprint density at radius 3 is 2.88 bits per heavy atom. The van der Waals surface area contributed by atoms with Crippen LogP contribution in [0.4, 0.5) is 0 Å². The van der Waals surface area contributed by atoms with Crippen molar-refractivity contribution in [2.45, 2.75) is 10.9 Å². The summed E-state index contributed by atoms with van der Waals surface area (Å²) in [6, 6.07) is 4.86. The molecule has 1 fully saturated rings. The molecule has 1 saturated heterocycles. The molecule has 0 aliphatic carbocycles. The van der Waals surface area contributed by atoms with Gasteiger partial charge in [-0.1, -0.05) is 6.07 Å². The van der Waals surface area contributed by atoms with E-state index in [1.165, 1.54) is 4.31 Å². The van der Waals surface area contributed by atoms with Crippen molar-refractivity contribution in [1.82, 2.24) is 19.2 Å². The number of fused-ring (bicyclic) bond motifs is 1. The minimum Gasteiger partial charge on any atom is -0.486 e. The molecule has 25 heavy (non-hydrogen) atoms. The summed E-state index contributed by atoms with van der Waals surface area (Å²) in [6.45, 7) is 2.14. The van der Waals surface area contributed by atoms with Gasteiger partial charge in [-0.2, -0.15) is 4.31 Å². The lowest BCUT2D eigenvalue weighted by Crippen LogP contribution is -2.49. The fraction of sp³-hybridized carbons (Fsp3) is 0.438. The lowest BCUT2D eigenvalue weighted by atomic mass is 10.2. The summed E-state index contributed by atoms with van der Waals surface area (Å²) in [4.78, 5) is 9.63. The Bertz CT molecular complexity index is 853. The Labute approximate surface area is 146 Å². The van der Waals surface area contributed by atoms with Gasteiger partial charge in [0.1, 0.15) is 23.9 Å². The number of aromatic amines is 1. The van der Waals surface area contributed by atoms with Gasteiger partial charge < -0.3 is 14.5 Å². The van der Waals surface area contributed by atoms with Crippen LogP contribution >= 0.6 is 0 Å². The summed E-state index contributed by atoms with van der Waals surface area (Å²) in [6.07, 6.45) is 3.42. The number of benzene rings is 1. The molecule has 2 aromatic rings. The standard InChI is InChI=1S/C16H20N4O4S/c1-19-7-8-20(11-12(19)16-17-5-6-18-16)25(21,22)14-4-2-3-13-15(14)24-10-9-23-13/h2-6,12H,7-11H2,1H3,(H,17,18). The Balaban J connectivity index is 1.67. The first kappa shape index (κ1) is 16.4. The molecular formula is C16H20N4O4S. The van der Waals surface area contributed by atoms with Gasteiger partial charge in [0.15, 0.2) is 11.5 Å². The van der Waals surface area contributed by atoms with Crippen molar-refractivity contribution in [2.24, 2.45) is 0 Å². The molecule has 2 aliphatic rings. The normalized spacial score (nSPS) is 22.0. The van der Waals surface area contributed by atoms with Gasteiger partial charge in [0, 0.05) is 32.0 Å². The lowest BCUT2D eigenvalue weighted by Gasteiger charge is -2.38. The number of H-pyrrole nitrogens is 1. The molecule has 0 saturated carbocycles. The number of hydrogen-bond donors (Lipinski definition) is 1. The number of likely N-dealkylation sites (N-methyl/N-ethyl adjacent to an activating group) is 1. The molecule has 9 heteroatoms. The van der Waals surface area contributed by atoms with E-state index in [2.05, 4.69) is 14.9 Å². The second-order valence-corrected chi connectivity index (χ2v) is 8.02. The van der Waals surface area contributed by atoms with Crippen LogP contribution in [0.2, 0.25) is 0 Å². The average Bonchev–Trinajstić information content (AvgIpc) is 3.16. The summed E-state index contributed by atoms with van der Waals surface area (Å²) < 4.78 is 39.0. The van der Waals surface area contributed by atoms with Gasteiger partial charge in [-0.05, 0) is 19.2 Å². The largest absolute Gasteiger partial charge is 0.486 e. The van der Waals surface area contributed by atoms with Crippen LogP contribution in [0, 0.1) is 0 Å². The maximum Gasteiger partial charge on any atom is 0.247 e. The Morgan fingerprint density at radius 1 is 1.24 bits per heavy atom. The summed E-state index contributed by atoms with van der Waals surface area (Å²) in [5.41, 5.74) is 0. The molecule has 1 N–H and O–H groups in total. The van der Waals surface area contributed by atoms with Crippen LogP contribution in [0.3, 0.4) is 0 Å².